The van der Waals surface area contributed by atoms with Crippen molar-refractivity contribution in [2.45, 2.75) is 77.0 Å². The molecule has 2 aromatic rings. The summed E-state index contributed by atoms with van der Waals surface area (Å²) in [5.74, 6) is 0.320. The molecule has 2 unspecified atom stereocenters. The van der Waals surface area contributed by atoms with Crippen LogP contribution < -0.4 is 16.4 Å². The Balaban J connectivity index is 1.73. The van der Waals surface area contributed by atoms with Crippen LogP contribution in [0, 0.1) is 5.82 Å². The normalized spacial score (nSPS) is 17.8. The third-order valence-electron chi connectivity index (χ3n) is 5.72. The summed E-state index contributed by atoms with van der Waals surface area (Å²) < 4.78 is 13.7. The molecule has 0 bridgehead atoms. The van der Waals surface area contributed by atoms with E-state index in [-0.39, 0.29) is 11.7 Å². The van der Waals surface area contributed by atoms with Gasteiger partial charge < -0.3 is 21.5 Å². The minimum atomic E-state index is -0.488. The highest BCUT2D eigenvalue weighted by atomic mass is 19.1. The van der Waals surface area contributed by atoms with Gasteiger partial charge in [0.05, 0.1) is 5.52 Å². The Hall–Kier alpha value is -2.25. The zero-order valence-corrected chi connectivity index (χ0v) is 18.0. The van der Waals surface area contributed by atoms with E-state index in [2.05, 4.69) is 27.5 Å². The molecule has 0 aliphatic heterocycles. The van der Waals surface area contributed by atoms with Crippen LogP contribution >= 0.6 is 0 Å². The van der Waals surface area contributed by atoms with Crippen LogP contribution in [0.15, 0.2) is 29.3 Å². The van der Waals surface area contributed by atoms with Gasteiger partial charge in [-0.15, -0.1) is 0 Å². The first-order chi connectivity index (χ1) is 14.5. The van der Waals surface area contributed by atoms with Crippen molar-refractivity contribution in [3.63, 3.8) is 0 Å². The van der Waals surface area contributed by atoms with E-state index in [0.717, 1.165) is 19.4 Å². The molecule has 0 saturated heterocycles. The molecule has 1 aliphatic rings. The molecule has 30 heavy (non-hydrogen) atoms. The highest BCUT2D eigenvalue weighted by molar-refractivity contribution is 6.01. The molecule has 1 saturated carbocycles. The van der Waals surface area contributed by atoms with Crippen molar-refractivity contribution < 1.29 is 9.50 Å². The van der Waals surface area contributed by atoms with Crippen molar-refractivity contribution in [2.75, 3.05) is 11.9 Å². The Morgan fingerprint density at radius 1 is 1.30 bits per heavy atom. The fraction of sp³-hybridized carbons (Fsp3) is 0.565. The molecule has 0 spiro atoms. The number of halogens is 1. The van der Waals surface area contributed by atoms with Gasteiger partial charge in [-0.3, -0.25) is 0 Å². The van der Waals surface area contributed by atoms with Gasteiger partial charge in [-0.1, -0.05) is 26.2 Å². The maximum atomic E-state index is 13.7. The van der Waals surface area contributed by atoms with E-state index >= 15 is 0 Å². The van der Waals surface area contributed by atoms with Crippen LogP contribution in [0.4, 0.5) is 10.2 Å². The van der Waals surface area contributed by atoms with Gasteiger partial charge in [0, 0.05) is 24.0 Å². The monoisotopic (exact) mass is 416 g/mol. The highest BCUT2D eigenvalue weighted by Crippen LogP contribution is 2.23. The van der Waals surface area contributed by atoms with E-state index in [1.165, 1.54) is 44.2 Å². The van der Waals surface area contributed by atoms with Crippen molar-refractivity contribution in [1.29, 1.82) is 0 Å². The molecule has 1 aromatic heterocycles. The number of anilines is 1. The zero-order valence-electron chi connectivity index (χ0n) is 18.0. The van der Waals surface area contributed by atoms with Crippen molar-refractivity contribution in [1.82, 2.24) is 10.3 Å². The number of hydrogen-bond donors (Lipinski definition) is 3. The van der Waals surface area contributed by atoms with Gasteiger partial charge in [-0.25, -0.2) is 9.37 Å². The van der Waals surface area contributed by atoms with Crippen molar-refractivity contribution in [3.05, 3.63) is 35.6 Å². The Labute approximate surface area is 178 Å². The number of aromatic nitrogens is 1. The first-order valence-electron chi connectivity index (χ1n) is 11.1. The lowest BCUT2D eigenvalue weighted by molar-refractivity contribution is 0.325. The van der Waals surface area contributed by atoms with Crippen LogP contribution in [0.5, 0.6) is 0 Å². The second kappa shape index (κ2) is 10.7. The lowest BCUT2D eigenvalue weighted by Gasteiger charge is -2.28. The molecule has 3 rings (SSSR count). The summed E-state index contributed by atoms with van der Waals surface area (Å²) in [7, 11) is 0. The Morgan fingerprint density at radius 3 is 2.77 bits per heavy atom. The maximum absolute atomic E-state index is 13.7. The fourth-order valence-corrected chi connectivity index (χ4v) is 4.11. The van der Waals surface area contributed by atoms with E-state index in [0.29, 0.717) is 34.4 Å². The fourth-order valence-electron chi connectivity index (χ4n) is 4.11. The maximum Gasteiger partial charge on any atom is 0.365 e. The Bertz CT molecular complexity index is 864. The van der Waals surface area contributed by atoms with Crippen molar-refractivity contribution >= 4 is 22.6 Å². The van der Waals surface area contributed by atoms with Crippen LogP contribution in [-0.4, -0.2) is 40.8 Å². The lowest BCUT2D eigenvalue weighted by atomic mass is 9.94. The largest absolute Gasteiger partial charge is 0.578 e. The molecule has 7 heteroatoms. The number of pyridine rings is 1. The van der Waals surface area contributed by atoms with E-state index in [4.69, 9.17) is 10.8 Å². The number of fused-ring (bicyclic) bond motifs is 1. The number of benzene rings is 1. The van der Waals surface area contributed by atoms with Gasteiger partial charge in [-0.2, -0.15) is 4.99 Å². The minimum Gasteiger partial charge on any atom is -0.578 e. The summed E-state index contributed by atoms with van der Waals surface area (Å²) in [4.78, 5) is 8.79. The van der Waals surface area contributed by atoms with Crippen LogP contribution in [0.3, 0.4) is 0 Å². The predicted molar refractivity (Wildman–Crippen MR) is 123 cm³/mol. The average molecular weight is 417 g/mol. The first kappa shape index (κ1) is 22.4. The Morgan fingerprint density at radius 2 is 2.07 bits per heavy atom. The minimum absolute atomic E-state index is 0.0542. The van der Waals surface area contributed by atoms with Gasteiger partial charge in [0.1, 0.15) is 23.4 Å². The predicted octanol–water partition coefficient (Wildman–Crippen LogP) is 3.65. The number of rotatable bonds is 9. The first-order valence-corrected chi connectivity index (χ1v) is 11.1. The van der Waals surface area contributed by atoms with Gasteiger partial charge in [0.25, 0.3) is 0 Å². The summed E-state index contributed by atoms with van der Waals surface area (Å²) in [6, 6.07) is 7.33. The molecular weight excluding hydrogens is 381 g/mol. The standard InChI is InChI=1S/C23H34FN5O/c1-3-18(28-19-7-5-4-6-8-19)11-12-26-22-20(23(30)27-15(2)25)14-16-13-17(24)9-10-21(16)29-22/h9-10,13-15,18-19,28H,3-8,11-12,25H2,1-2H3,(H,26,29)(H,27,30)/p+1. The quantitative estimate of drug-likeness (QED) is 0.330. The summed E-state index contributed by atoms with van der Waals surface area (Å²) in [6.07, 6.45) is 8.09. The zero-order chi connectivity index (χ0) is 21.5. The molecule has 1 heterocycles. The van der Waals surface area contributed by atoms with Crippen molar-refractivity contribution in [2.24, 2.45) is 10.7 Å². The van der Waals surface area contributed by atoms with E-state index < -0.39 is 6.17 Å². The van der Waals surface area contributed by atoms with Gasteiger partial charge >= 0.3 is 5.90 Å². The second-order valence-electron chi connectivity index (χ2n) is 8.26. The molecule has 1 fully saturated rings. The average Bonchev–Trinajstić information content (AvgIpc) is 2.72. The topological polar surface area (TPSA) is 98.2 Å². The SMILES string of the molecule is CCC(CCNc1nc2ccc(F)cc2cc1/C([OH2+])=N/C(C)N)NC1CCCCC1. The second-order valence-corrected chi connectivity index (χ2v) is 8.26. The lowest BCUT2D eigenvalue weighted by Crippen LogP contribution is -2.40. The molecular formula is C23H35FN5O+. The molecule has 1 aliphatic carbocycles. The molecule has 1 aromatic carbocycles. The van der Waals surface area contributed by atoms with Crippen molar-refractivity contribution in [3.8, 4) is 0 Å². The van der Waals surface area contributed by atoms with Gasteiger partial charge in [0.15, 0.2) is 0 Å². The molecule has 6 nitrogen and oxygen atoms in total. The molecule has 164 valence electrons. The van der Waals surface area contributed by atoms with Crippen LogP contribution in [0.1, 0.15) is 64.4 Å². The summed E-state index contributed by atoms with van der Waals surface area (Å²) >= 11 is 0. The van der Waals surface area contributed by atoms with Crippen LogP contribution in [0.2, 0.25) is 0 Å². The smallest absolute Gasteiger partial charge is 0.365 e. The van der Waals surface area contributed by atoms with E-state index in [1.54, 1.807) is 19.1 Å². The van der Waals surface area contributed by atoms with Gasteiger partial charge in [-0.05, 0) is 56.9 Å². The van der Waals surface area contributed by atoms with Crippen LogP contribution in [0.25, 0.3) is 10.9 Å². The summed E-state index contributed by atoms with van der Waals surface area (Å²) in [5.41, 5.74) is 6.97. The molecule has 0 radical (unpaired) electrons. The number of aliphatic imine (C=N–C) groups is 1. The molecule has 6 N–H and O–H groups in total. The van der Waals surface area contributed by atoms with E-state index in [9.17, 15) is 4.39 Å². The number of hydrogen-bond acceptors (Lipinski definition) is 5. The number of nitrogens with zero attached hydrogens (tertiary/aromatic N) is 2. The van der Waals surface area contributed by atoms with Gasteiger partial charge in [0.2, 0.25) is 0 Å². The van der Waals surface area contributed by atoms with Crippen LogP contribution in [-0.2, 0) is 0 Å². The molecule has 2 atom stereocenters. The summed E-state index contributed by atoms with van der Waals surface area (Å²) in [5, 5.41) is 16.2. The Kier molecular flexibility index (Phi) is 7.99. The molecule has 0 amide bonds. The number of nitrogens with one attached hydrogen (secondary N) is 2. The third kappa shape index (κ3) is 6.12. The highest BCUT2D eigenvalue weighted by Gasteiger charge is 2.19. The van der Waals surface area contributed by atoms with E-state index in [1.807, 2.05) is 0 Å². The summed E-state index contributed by atoms with van der Waals surface area (Å²) in [6.45, 7) is 4.67. The number of nitrogens with two attached hydrogens (primary N) is 1. The third-order valence-corrected chi connectivity index (χ3v) is 5.72.